The summed E-state index contributed by atoms with van der Waals surface area (Å²) in [6.07, 6.45) is 0. The minimum Gasteiger partial charge on any atom is -0.507 e. The number of rotatable bonds is 6. The van der Waals surface area contributed by atoms with E-state index in [1.165, 1.54) is 18.2 Å². The van der Waals surface area contributed by atoms with E-state index < -0.39 is 10.8 Å². The van der Waals surface area contributed by atoms with Gasteiger partial charge >= 0.3 is 0 Å². The molecular weight excluding hydrogens is 755 g/mol. The number of aryl methyl sites for hydroxylation is 6. The molecule has 0 fully saturated rings. The largest absolute Gasteiger partial charge is 0.507 e. The van der Waals surface area contributed by atoms with Crippen LogP contribution in [0.3, 0.4) is 0 Å². The van der Waals surface area contributed by atoms with Crippen LogP contribution in [-0.4, -0.2) is 30.6 Å². The van der Waals surface area contributed by atoms with Crippen molar-refractivity contribution in [3.05, 3.63) is 173 Å². The van der Waals surface area contributed by atoms with Crippen molar-refractivity contribution in [1.82, 2.24) is 0 Å². The number of halogens is 3. The molecule has 0 spiro atoms. The fourth-order valence-corrected chi connectivity index (χ4v) is 7.73. The molecule has 0 radical (unpaired) electrons. The zero-order valence-electron chi connectivity index (χ0n) is 32.0. The molecule has 55 heavy (non-hydrogen) atoms. The van der Waals surface area contributed by atoms with E-state index in [-0.39, 0.29) is 32.3 Å². The highest BCUT2D eigenvalue weighted by molar-refractivity contribution is 6.32. The van der Waals surface area contributed by atoms with Crippen molar-refractivity contribution in [3.8, 4) is 34.5 Å². The summed E-state index contributed by atoms with van der Waals surface area (Å²) in [5.74, 6) is 0.868. The standard InChI is InChI=1S/C26H30O3.C20H15Cl3O3/c1-14-8-20(9-15(2)23(14)27)26(7,21-10-16(3)24(28)17(4)11-21)22-12-18(5)25(29)19(6)13-22;1-20(11-2-5-17(24)14(21)8-11,12-3-6-18(25)15(22)9-12)13-4-7-19(26)16(23)10-13/h8-13,27-29H,1-7H3;2-10,24-26H,1H3. The second-order valence-electron chi connectivity index (χ2n) is 14.6. The van der Waals surface area contributed by atoms with Gasteiger partial charge in [0.1, 0.15) is 34.5 Å². The lowest BCUT2D eigenvalue weighted by Gasteiger charge is -2.34. The van der Waals surface area contributed by atoms with Crippen molar-refractivity contribution in [3.63, 3.8) is 0 Å². The molecule has 0 saturated carbocycles. The molecule has 6 aromatic carbocycles. The molecule has 0 bridgehead atoms. The Morgan fingerprint density at radius 1 is 0.327 bits per heavy atom. The molecule has 6 rings (SSSR count). The summed E-state index contributed by atoms with van der Waals surface area (Å²) in [6, 6.07) is 26.9. The molecular formula is C46H45Cl3O6. The molecule has 0 heterocycles. The van der Waals surface area contributed by atoms with Crippen LogP contribution in [0.1, 0.15) is 80.6 Å². The van der Waals surface area contributed by atoms with E-state index in [4.69, 9.17) is 34.8 Å². The van der Waals surface area contributed by atoms with Crippen LogP contribution in [0.15, 0.2) is 91.0 Å². The van der Waals surface area contributed by atoms with Gasteiger partial charge in [-0.1, -0.05) is 89.4 Å². The SMILES string of the molecule is CC(c1ccc(O)c(Cl)c1)(c1ccc(O)c(Cl)c1)c1ccc(O)c(Cl)c1.Cc1cc(C(C)(c2cc(C)c(O)c(C)c2)c2cc(C)c(O)c(C)c2)cc(C)c1O. The van der Waals surface area contributed by atoms with Crippen molar-refractivity contribution in [2.75, 3.05) is 0 Å². The zero-order valence-corrected chi connectivity index (χ0v) is 34.2. The number of hydrogen-bond acceptors (Lipinski definition) is 6. The van der Waals surface area contributed by atoms with Crippen molar-refractivity contribution in [1.29, 1.82) is 0 Å². The molecule has 286 valence electrons. The van der Waals surface area contributed by atoms with E-state index >= 15 is 0 Å². The van der Waals surface area contributed by atoms with Gasteiger partial charge in [-0.25, -0.2) is 0 Å². The zero-order chi connectivity index (χ0) is 40.7. The van der Waals surface area contributed by atoms with Gasteiger partial charge in [0.2, 0.25) is 0 Å². The van der Waals surface area contributed by atoms with Gasteiger partial charge in [-0.15, -0.1) is 0 Å². The van der Waals surface area contributed by atoms with Crippen LogP contribution in [0.2, 0.25) is 15.1 Å². The van der Waals surface area contributed by atoms with Gasteiger partial charge in [0, 0.05) is 10.8 Å². The quantitative estimate of drug-likeness (QED) is 0.0933. The Morgan fingerprint density at radius 3 is 0.727 bits per heavy atom. The summed E-state index contributed by atoms with van der Waals surface area (Å²) in [5.41, 5.74) is 9.17. The first-order valence-corrected chi connectivity index (χ1v) is 18.7. The third-order valence-corrected chi connectivity index (χ3v) is 11.7. The van der Waals surface area contributed by atoms with Gasteiger partial charge in [-0.05, 0) is 159 Å². The van der Waals surface area contributed by atoms with Gasteiger partial charge in [0.05, 0.1) is 15.1 Å². The third kappa shape index (κ3) is 7.77. The Hall–Kier alpha value is -5.01. The molecule has 0 amide bonds. The fraction of sp³-hybridized carbons (Fsp3) is 0.217. The fourth-order valence-electron chi connectivity index (χ4n) is 7.19. The average molecular weight is 800 g/mol. The minimum absolute atomic E-state index is 0.0229. The second kappa shape index (κ2) is 15.6. The molecule has 6 N–H and O–H groups in total. The molecule has 0 saturated heterocycles. The smallest absolute Gasteiger partial charge is 0.134 e. The monoisotopic (exact) mass is 798 g/mol. The molecule has 0 aromatic heterocycles. The highest BCUT2D eigenvalue weighted by Crippen LogP contribution is 2.46. The number of phenols is 6. The number of phenolic OH excluding ortho intramolecular Hbond substituents is 6. The maximum atomic E-state index is 10.3. The molecule has 0 aliphatic carbocycles. The van der Waals surface area contributed by atoms with Crippen LogP contribution in [0.5, 0.6) is 34.5 Å². The van der Waals surface area contributed by atoms with Crippen molar-refractivity contribution < 1.29 is 30.6 Å². The maximum absolute atomic E-state index is 10.3. The molecule has 0 atom stereocenters. The lowest BCUT2D eigenvalue weighted by molar-refractivity contribution is 0.464. The van der Waals surface area contributed by atoms with Gasteiger partial charge in [0.25, 0.3) is 0 Å². The summed E-state index contributed by atoms with van der Waals surface area (Å²) in [6.45, 7) is 15.6. The molecule has 9 heteroatoms. The Bertz CT molecular complexity index is 2100. The van der Waals surface area contributed by atoms with Crippen molar-refractivity contribution >= 4 is 34.8 Å². The lowest BCUT2D eigenvalue weighted by Crippen LogP contribution is -2.26. The lowest BCUT2D eigenvalue weighted by atomic mass is 9.69. The molecule has 6 aromatic rings. The molecule has 0 aliphatic heterocycles. The van der Waals surface area contributed by atoms with Crippen molar-refractivity contribution in [2.45, 2.75) is 66.2 Å². The van der Waals surface area contributed by atoms with Gasteiger partial charge in [-0.3, -0.25) is 0 Å². The second-order valence-corrected chi connectivity index (χ2v) is 15.8. The highest BCUT2D eigenvalue weighted by atomic mass is 35.5. The maximum Gasteiger partial charge on any atom is 0.134 e. The Balaban J connectivity index is 0.000000212. The Kier molecular flexibility index (Phi) is 11.7. The van der Waals surface area contributed by atoms with Crippen LogP contribution in [-0.2, 0) is 10.8 Å². The summed E-state index contributed by atoms with van der Waals surface area (Å²) < 4.78 is 0. The van der Waals surface area contributed by atoms with E-state index in [0.717, 1.165) is 66.8 Å². The van der Waals surface area contributed by atoms with Crippen LogP contribution in [0, 0.1) is 41.5 Å². The third-order valence-electron chi connectivity index (χ3n) is 10.8. The number of benzene rings is 6. The van der Waals surface area contributed by atoms with E-state index in [1.807, 2.05) is 84.9 Å². The normalized spacial score (nSPS) is 11.6. The van der Waals surface area contributed by atoms with E-state index in [0.29, 0.717) is 17.2 Å². The summed E-state index contributed by atoms with van der Waals surface area (Å²) in [5, 5.41) is 60.9. The number of hydrogen-bond donors (Lipinski definition) is 6. The summed E-state index contributed by atoms with van der Waals surface area (Å²) in [7, 11) is 0. The van der Waals surface area contributed by atoms with E-state index in [9.17, 15) is 30.6 Å². The number of aromatic hydroxyl groups is 6. The van der Waals surface area contributed by atoms with Gasteiger partial charge in [-0.2, -0.15) is 0 Å². The molecule has 0 unspecified atom stereocenters. The van der Waals surface area contributed by atoms with Crippen LogP contribution >= 0.6 is 34.8 Å². The van der Waals surface area contributed by atoms with Crippen LogP contribution in [0.4, 0.5) is 0 Å². The van der Waals surface area contributed by atoms with Gasteiger partial charge in [0.15, 0.2) is 0 Å². The van der Waals surface area contributed by atoms with Gasteiger partial charge < -0.3 is 30.6 Å². The van der Waals surface area contributed by atoms with E-state index in [2.05, 4.69) is 6.92 Å². The first kappa shape index (κ1) is 41.2. The molecule has 0 aliphatic rings. The van der Waals surface area contributed by atoms with Crippen LogP contribution in [0.25, 0.3) is 0 Å². The molecule has 6 nitrogen and oxygen atoms in total. The Labute approximate surface area is 337 Å². The predicted molar refractivity (Wildman–Crippen MR) is 223 cm³/mol. The van der Waals surface area contributed by atoms with Crippen LogP contribution < -0.4 is 0 Å². The summed E-state index contributed by atoms with van der Waals surface area (Å²) >= 11 is 18.4. The minimum atomic E-state index is -0.758. The summed E-state index contributed by atoms with van der Waals surface area (Å²) in [4.78, 5) is 0. The Morgan fingerprint density at radius 2 is 0.527 bits per heavy atom. The van der Waals surface area contributed by atoms with Crippen molar-refractivity contribution in [2.24, 2.45) is 0 Å². The average Bonchev–Trinajstić information content (AvgIpc) is 3.14. The first-order chi connectivity index (χ1) is 25.7. The predicted octanol–water partition coefficient (Wildman–Crippen LogP) is 12.1. The topological polar surface area (TPSA) is 121 Å². The highest BCUT2D eigenvalue weighted by Gasteiger charge is 2.35. The first-order valence-electron chi connectivity index (χ1n) is 17.6. The van der Waals surface area contributed by atoms with E-state index in [1.54, 1.807) is 36.4 Å².